The number of nitrogens with zero attached hydrogens (tertiary/aromatic N) is 4. The molecule has 0 N–H and O–H groups in total. The summed E-state index contributed by atoms with van der Waals surface area (Å²) in [5, 5.41) is 10.0. The fourth-order valence-corrected chi connectivity index (χ4v) is 7.80. The Morgan fingerprint density at radius 3 is 2.56 bits per heavy atom. The van der Waals surface area contributed by atoms with Gasteiger partial charge in [0.15, 0.2) is 5.82 Å². The van der Waals surface area contributed by atoms with Crippen molar-refractivity contribution in [1.29, 1.82) is 5.26 Å². The third-order valence-corrected chi connectivity index (χ3v) is 12.1. The average molecular weight is 645 g/mol. The number of fused-ring (bicyclic) bond motifs is 2. The van der Waals surface area contributed by atoms with Crippen molar-refractivity contribution in [2.45, 2.75) is 57.4 Å². The number of benzene rings is 2. The van der Waals surface area contributed by atoms with Crippen molar-refractivity contribution in [3.63, 3.8) is 0 Å². The van der Waals surface area contributed by atoms with Gasteiger partial charge in [0.25, 0.3) is 0 Å². The van der Waals surface area contributed by atoms with Crippen LogP contribution in [0.4, 0.5) is 0 Å². The number of esters is 1. The zero-order valence-electron chi connectivity index (χ0n) is 26.2. The topological polar surface area (TPSA) is 133 Å². The Morgan fingerprint density at radius 2 is 1.91 bits per heavy atom. The smallest absolute Gasteiger partial charge is 0.337 e. The highest BCUT2D eigenvalue weighted by atomic mass is 32.2. The number of carbonyl (C=O) groups is 2. The first kappa shape index (κ1) is 32.1. The first-order valence-corrected chi connectivity index (χ1v) is 19.7. The molecule has 4 aromatic rings. The average Bonchev–Trinajstić information content (AvgIpc) is 3.60. The van der Waals surface area contributed by atoms with Crippen LogP contribution in [-0.4, -0.2) is 60.2 Å². The lowest BCUT2D eigenvalue weighted by atomic mass is 9.95. The highest BCUT2D eigenvalue weighted by Crippen LogP contribution is 2.35. The maximum atomic E-state index is 14.1. The molecule has 0 amide bonds. The molecule has 0 spiro atoms. The van der Waals surface area contributed by atoms with Crippen LogP contribution in [0.5, 0.6) is 0 Å². The molecule has 12 heteroatoms. The second-order valence-corrected chi connectivity index (χ2v) is 20.6. The minimum absolute atomic E-state index is 0.0530. The molecule has 0 bridgehead atoms. The van der Waals surface area contributed by atoms with Gasteiger partial charge in [0.1, 0.15) is 11.5 Å². The Bertz CT molecular complexity index is 2060. The second-order valence-electron chi connectivity index (χ2n) is 12.7. The second kappa shape index (κ2) is 11.9. The van der Waals surface area contributed by atoms with Gasteiger partial charge >= 0.3 is 5.97 Å². The molecule has 0 saturated carbocycles. The molecule has 2 aromatic heterocycles. The maximum absolute atomic E-state index is 14.1. The minimum Gasteiger partial charge on any atom is -0.465 e. The number of ether oxygens (including phenoxy) is 2. The predicted octanol–water partition coefficient (Wildman–Crippen LogP) is 5.98. The van der Waals surface area contributed by atoms with Crippen molar-refractivity contribution in [1.82, 2.24) is 13.5 Å². The third kappa shape index (κ3) is 6.03. The van der Waals surface area contributed by atoms with E-state index in [2.05, 4.69) is 30.7 Å². The monoisotopic (exact) mass is 644 g/mol. The highest BCUT2D eigenvalue weighted by molar-refractivity contribution is 7.91. The molecule has 2 heterocycles. The number of aromatic nitrogens is 3. The molecule has 0 saturated heterocycles. The molecule has 1 unspecified atom stereocenters. The third-order valence-electron chi connectivity index (χ3n) is 8.11. The van der Waals surface area contributed by atoms with E-state index in [1.165, 1.54) is 23.4 Å². The molecular formula is C33H36N4O6SSi. The van der Waals surface area contributed by atoms with Crippen molar-refractivity contribution in [3.8, 4) is 6.07 Å². The first-order valence-electron chi connectivity index (χ1n) is 14.6. The van der Waals surface area contributed by atoms with Crippen molar-refractivity contribution in [3.05, 3.63) is 88.9 Å². The molecule has 234 valence electrons. The molecular weight excluding hydrogens is 609 g/mol. The van der Waals surface area contributed by atoms with E-state index in [1.807, 2.05) is 0 Å². The predicted molar refractivity (Wildman–Crippen MR) is 175 cm³/mol. The summed E-state index contributed by atoms with van der Waals surface area (Å²) in [6.45, 7) is 10.8. The van der Waals surface area contributed by atoms with Crippen LogP contribution in [-0.2, 0) is 26.2 Å². The quantitative estimate of drug-likeness (QED) is 0.0892. The van der Waals surface area contributed by atoms with E-state index in [1.54, 1.807) is 67.0 Å². The van der Waals surface area contributed by atoms with Gasteiger partial charge in [-0.25, -0.2) is 22.2 Å². The SMILES string of the molecule is COC(=O)c1cc(C)c2c(ccn2S(=O)(=O)C2(C)C=CC(C(=O)c3nc4ccc(C#N)cc4n3COCC[Si](C)(C)C)=CC2)c1. The van der Waals surface area contributed by atoms with Gasteiger partial charge in [-0.15, -0.1) is 0 Å². The zero-order valence-corrected chi connectivity index (χ0v) is 28.1. The fraction of sp³-hybridized carbons (Fsp3) is 0.333. The molecule has 1 aliphatic carbocycles. The van der Waals surface area contributed by atoms with Gasteiger partial charge in [0.2, 0.25) is 15.8 Å². The normalized spacial score (nSPS) is 17.0. The molecule has 5 rings (SSSR count). The van der Waals surface area contributed by atoms with Gasteiger partial charge in [-0.1, -0.05) is 37.9 Å². The molecule has 0 aliphatic heterocycles. The number of nitriles is 1. The molecule has 0 fully saturated rings. The Labute approximate surface area is 263 Å². The number of methoxy groups -OCH3 is 1. The van der Waals surface area contributed by atoms with E-state index in [9.17, 15) is 23.3 Å². The Morgan fingerprint density at radius 1 is 1.16 bits per heavy atom. The van der Waals surface area contributed by atoms with Crippen LogP contribution < -0.4 is 0 Å². The number of ketones is 1. The van der Waals surface area contributed by atoms with Gasteiger partial charge in [-0.3, -0.25) is 9.36 Å². The lowest BCUT2D eigenvalue weighted by Crippen LogP contribution is -2.38. The van der Waals surface area contributed by atoms with Gasteiger partial charge in [-0.2, -0.15) is 5.26 Å². The number of aryl methyl sites for hydroxylation is 1. The van der Waals surface area contributed by atoms with E-state index < -0.39 is 28.8 Å². The molecule has 10 nitrogen and oxygen atoms in total. The van der Waals surface area contributed by atoms with Gasteiger partial charge < -0.3 is 9.47 Å². The minimum atomic E-state index is -3.99. The number of Topliss-reactive ketones (excluding diaryl/α,β-unsaturated/α-hetero) is 1. The van der Waals surface area contributed by atoms with Gasteiger partial charge in [0.05, 0.1) is 40.9 Å². The molecule has 2 aromatic carbocycles. The van der Waals surface area contributed by atoms with Crippen LogP contribution in [0.1, 0.15) is 45.4 Å². The number of hydrogen-bond donors (Lipinski definition) is 0. The highest BCUT2D eigenvalue weighted by Gasteiger charge is 2.40. The summed E-state index contributed by atoms with van der Waals surface area (Å²) in [5.41, 5.74) is 3.36. The van der Waals surface area contributed by atoms with E-state index >= 15 is 0 Å². The van der Waals surface area contributed by atoms with Gasteiger partial charge in [0, 0.05) is 31.8 Å². The number of carbonyl (C=O) groups excluding carboxylic acids is 2. The van der Waals surface area contributed by atoms with Crippen LogP contribution in [0.3, 0.4) is 0 Å². The first-order chi connectivity index (χ1) is 21.2. The molecule has 1 atom stereocenters. The maximum Gasteiger partial charge on any atom is 0.337 e. The van der Waals surface area contributed by atoms with Crippen LogP contribution in [0, 0.1) is 18.3 Å². The number of imidazole rings is 1. The van der Waals surface area contributed by atoms with Gasteiger partial charge in [-0.05, 0) is 68.3 Å². The van der Waals surface area contributed by atoms with Crippen molar-refractivity contribution < 1.29 is 27.5 Å². The van der Waals surface area contributed by atoms with E-state index in [0.29, 0.717) is 50.8 Å². The van der Waals surface area contributed by atoms with E-state index in [0.717, 1.165) is 6.04 Å². The Kier molecular flexibility index (Phi) is 8.48. The number of allylic oxidation sites excluding steroid dienone is 3. The summed E-state index contributed by atoms with van der Waals surface area (Å²) in [4.78, 5) is 30.5. The molecule has 0 radical (unpaired) electrons. The van der Waals surface area contributed by atoms with E-state index in [-0.39, 0.29) is 24.8 Å². The van der Waals surface area contributed by atoms with Crippen molar-refractivity contribution in [2.75, 3.05) is 13.7 Å². The van der Waals surface area contributed by atoms with Crippen molar-refractivity contribution >= 4 is 51.8 Å². The van der Waals surface area contributed by atoms with Crippen LogP contribution >= 0.6 is 0 Å². The van der Waals surface area contributed by atoms with Crippen LogP contribution in [0.2, 0.25) is 25.7 Å². The lowest BCUT2D eigenvalue weighted by Gasteiger charge is -2.28. The zero-order chi connectivity index (χ0) is 32.7. The van der Waals surface area contributed by atoms with Crippen LogP contribution in [0.15, 0.2) is 66.4 Å². The summed E-state index contributed by atoms with van der Waals surface area (Å²) in [7, 11) is -4.03. The Balaban J connectivity index is 1.44. The fourth-order valence-electron chi connectivity index (χ4n) is 5.35. The summed E-state index contributed by atoms with van der Waals surface area (Å²) in [6, 6.07) is 13.0. The summed E-state index contributed by atoms with van der Waals surface area (Å²) < 4.78 is 40.5. The standard InChI is InChI=1S/C33H36N4O6SSi/c1-22-17-26(32(39)42-3)19-25-11-14-37(29(22)25)44(40,41)33(2)12-9-24(10-13-33)30(38)31-35-27-8-7-23(20-34)18-28(27)36(31)21-43-15-16-45(4,5)6/h7-12,14,17-19H,13,15-16,21H2,1-6H3. The van der Waals surface area contributed by atoms with Crippen molar-refractivity contribution in [2.24, 2.45) is 0 Å². The van der Waals surface area contributed by atoms with Crippen LogP contribution in [0.25, 0.3) is 21.9 Å². The van der Waals surface area contributed by atoms with E-state index in [4.69, 9.17) is 9.47 Å². The molecule has 45 heavy (non-hydrogen) atoms. The lowest BCUT2D eigenvalue weighted by molar-refractivity contribution is 0.0600. The summed E-state index contributed by atoms with van der Waals surface area (Å²) in [5.74, 6) is -0.715. The number of hydrogen-bond acceptors (Lipinski definition) is 8. The largest absolute Gasteiger partial charge is 0.465 e. The Hall–Kier alpha value is -4.31. The molecule has 1 aliphatic rings. The summed E-state index contributed by atoms with van der Waals surface area (Å²) in [6.07, 6.45) is 6.25. The number of rotatable bonds is 10. The summed E-state index contributed by atoms with van der Waals surface area (Å²) >= 11 is 0.